The number of anilines is 1. The van der Waals surface area contributed by atoms with E-state index in [1.165, 1.54) is 12.1 Å². The normalized spacial score (nSPS) is 10.2. The standard InChI is InChI=1S/C16H16FNO2/c1-18(12-7-9-13(20-2)10-8-12)11-16(19)14-5-3-4-6-15(14)17/h3-10H,11H2,1-2H3. The van der Waals surface area contributed by atoms with Gasteiger partial charge in [-0.15, -0.1) is 0 Å². The van der Waals surface area contributed by atoms with Crippen LogP contribution in [0.2, 0.25) is 0 Å². The summed E-state index contributed by atoms with van der Waals surface area (Å²) in [7, 11) is 3.39. The van der Waals surface area contributed by atoms with Gasteiger partial charge in [-0.1, -0.05) is 12.1 Å². The van der Waals surface area contributed by atoms with Crippen LogP contribution in [-0.4, -0.2) is 26.5 Å². The fraction of sp³-hybridized carbons (Fsp3) is 0.188. The number of ketones is 1. The molecule has 0 saturated carbocycles. The van der Waals surface area contributed by atoms with Gasteiger partial charge in [0, 0.05) is 12.7 Å². The van der Waals surface area contributed by atoms with Gasteiger partial charge in [-0.3, -0.25) is 4.79 Å². The first-order valence-corrected chi connectivity index (χ1v) is 6.24. The van der Waals surface area contributed by atoms with Crippen molar-refractivity contribution in [2.45, 2.75) is 0 Å². The van der Waals surface area contributed by atoms with Crippen molar-refractivity contribution < 1.29 is 13.9 Å². The number of ether oxygens (including phenoxy) is 1. The second kappa shape index (κ2) is 6.19. The van der Waals surface area contributed by atoms with Crippen molar-refractivity contribution in [3.8, 4) is 5.75 Å². The predicted molar refractivity (Wildman–Crippen MR) is 77.0 cm³/mol. The number of methoxy groups -OCH3 is 1. The third-order valence-corrected chi connectivity index (χ3v) is 3.07. The molecule has 0 bridgehead atoms. The van der Waals surface area contributed by atoms with Gasteiger partial charge < -0.3 is 9.64 Å². The Hall–Kier alpha value is -2.36. The smallest absolute Gasteiger partial charge is 0.185 e. The molecule has 3 nitrogen and oxygen atoms in total. The van der Waals surface area contributed by atoms with Gasteiger partial charge >= 0.3 is 0 Å². The summed E-state index contributed by atoms with van der Waals surface area (Å²) in [6.45, 7) is 0.118. The molecule has 0 spiro atoms. The van der Waals surface area contributed by atoms with Crippen molar-refractivity contribution in [1.82, 2.24) is 0 Å². The summed E-state index contributed by atoms with van der Waals surface area (Å²) in [5.74, 6) is 0.0182. The molecular formula is C16H16FNO2. The predicted octanol–water partition coefficient (Wildman–Crippen LogP) is 3.15. The first kappa shape index (κ1) is 14.1. The van der Waals surface area contributed by atoms with Gasteiger partial charge in [0.15, 0.2) is 5.78 Å². The molecule has 0 aliphatic carbocycles. The summed E-state index contributed by atoms with van der Waals surface area (Å²) in [5, 5.41) is 0. The van der Waals surface area contributed by atoms with E-state index in [1.54, 1.807) is 31.2 Å². The van der Waals surface area contributed by atoms with Crippen LogP contribution in [0.1, 0.15) is 10.4 Å². The van der Waals surface area contributed by atoms with Crippen LogP contribution >= 0.6 is 0 Å². The zero-order valence-electron chi connectivity index (χ0n) is 11.5. The molecule has 0 aliphatic rings. The topological polar surface area (TPSA) is 29.5 Å². The van der Waals surface area contributed by atoms with E-state index >= 15 is 0 Å². The van der Waals surface area contributed by atoms with Gasteiger partial charge in [-0.25, -0.2) is 4.39 Å². The molecule has 0 N–H and O–H groups in total. The molecule has 0 unspecified atom stereocenters. The summed E-state index contributed by atoms with van der Waals surface area (Å²) in [4.78, 5) is 13.8. The van der Waals surface area contributed by atoms with Crippen LogP contribution < -0.4 is 9.64 Å². The Morgan fingerprint density at radius 3 is 2.40 bits per heavy atom. The maximum atomic E-state index is 13.5. The molecule has 0 aromatic heterocycles. The Bertz CT molecular complexity index is 596. The van der Waals surface area contributed by atoms with Crippen LogP contribution in [0.15, 0.2) is 48.5 Å². The quantitative estimate of drug-likeness (QED) is 0.784. The lowest BCUT2D eigenvalue weighted by Gasteiger charge is -2.18. The minimum absolute atomic E-state index is 0.118. The Balaban J connectivity index is 2.09. The van der Waals surface area contributed by atoms with E-state index < -0.39 is 5.82 Å². The third-order valence-electron chi connectivity index (χ3n) is 3.07. The van der Waals surface area contributed by atoms with Gasteiger partial charge in [-0.05, 0) is 36.4 Å². The van der Waals surface area contributed by atoms with E-state index in [0.717, 1.165) is 11.4 Å². The maximum Gasteiger partial charge on any atom is 0.185 e. The number of Topliss-reactive ketones (excluding diaryl/α,β-unsaturated/α-hetero) is 1. The number of nitrogens with zero attached hydrogens (tertiary/aromatic N) is 1. The molecule has 2 aromatic carbocycles. The Labute approximate surface area is 117 Å². The zero-order valence-corrected chi connectivity index (χ0v) is 11.5. The van der Waals surface area contributed by atoms with Crippen molar-refractivity contribution in [2.75, 3.05) is 25.6 Å². The molecule has 0 atom stereocenters. The number of likely N-dealkylation sites (N-methyl/N-ethyl adjacent to an activating group) is 1. The highest BCUT2D eigenvalue weighted by Crippen LogP contribution is 2.18. The number of benzene rings is 2. The van der Waals surface area contributed by atoms with Gasteiger partial charge in [0.05, 0.1) is 19.2 Å². The molecule has 2 rings (SSSR count). The van der Waals surface area contributed by atoms with Gasteiger partial charge in [0.1, 0.15) is 11.6 Å². The fourth-order valence-electron chi connectivity index (χ4n) is 1.92. The van der Waals surface area contributed by atoms with Crippen molar-refractivity contribution in [1.29, 1.82) is 0 Å². The Morgan fingerprint density at radius 2 is 1.80 bits per heavy atom. The fourth-order valence-corrected chi connectivity index (χ4v) is 1.92. The second-order valence-corrected chi connectivity index (χ2v) is 4.46. The number of hydrogen-bond acceptors (Lipinski definition) is 3. The number of rotatable bonds is 5. The molecule has 0 heterocycles. The van der Waals surface area contributed by atoms with Crippen molar-refractivity contribution in [2.24, 2.45) is 0 Å². The highest BCUT2D eigenvalue weighted by Gasteiger charge is 2.13. The number of hydrogen-bond donors (Lipinski definition) is 0. The highest BCUT2D eigenvalue weighted by molar-refractivity contribution is 5.99. The molecule has 20 heavy (non-hydrogen) atoms. The van der Waals surface area contributed by atoms with Gasteiger partial charge in [0.25, 0.3) is 0 Å². The lowest BCUT2D eigenvalue weighted by Crippen LogP contribution is -2.26. The minimum atomic E-state index is -0.486. The number of carbonyl (C=O) groups is 1. The van der Waals surface area contributed by atoms with Crippen LogP contribution in [0, 0.1) is 5.82 Å². The lowest BCUT2D eigenvalue weighted by molar-refractivity contribution is 0.0996. The average Bonchev–Trinajstić information content (AvgIpc) is 2.47. The summed E-state index contributed by atoms with van der Waals surface area (Å²) in [6.07, 6.45) is 0. The van der Waals surface area contributed by atoms with Gasteiger partial charge in [0.2, 0.25) is 0 Å². The number of carbonyl (C=O) groups excluding carboxylic acids is 1. The first-order chi connectivity index (χ1) is 9.61. The molecule has 0 amide bonds. The summed E-state index contributed by atoms with van der Waals surface area (Å²) < 4.78 is 18.6. The molecule has 0 fully saturated rings. The Kier molecular flexibility index (Phi) is 4.35. The monoisotopic (exact) mass is 273 g/mol. The van der Waals surface area contributed by atoms with E-state index in [9.17, 15) is 9.18 Å². The molecule has 0 aliphatic heterocycles. The van der Waals surface area contributed by atoms with E-state index in [4.69, 9.17) is 4.74 Å². The zero-order chi connectivity index (χ0) is 14.5. The summed E-state index contributed by atoms with van der Waals surface area (Å²) in [5.41, 5.74) is 0.989. The van der Waals surface area contributed by atoms with Crippen LogP contribution in [0.5, 0.6) is 5.75 Å². The SMILES string of the molecule is COc1ccc(N(C)CC(=O)c2ccccc2F)cc1. The van der Waals surface area contributed by atoms with Gasteiger partial charge in [-0.2, -0.15) is 0 Å². The van der Waals surface area contributed by atoms with Crippen molar-refractivity contribution in [3.05, 3.63) is 59.9 Å². The molecule has 0 saturated heterocycles. The maximum absolute atomic E-state index is 13.5. The lowest BCUT2D eigenvalue weighted by atomic mass is 10.1. The van der Waals surface area contributed by atoms with Crippen LogP contribution in [0.3, 0.4) is 0 Å². The number of halogens is 1. The van der Waals surface area contributed by atoms with Crippen LogP contribution in [0.25, 0.3) is 0 Å². The highest BCUT2D eigenvalue weighted by atomic mass is 19.1. The largest absolute Gasteiger partial charge is 0.497 e. The molecule has 104 valence electrons. The Morgan fingerprint density at radius 1 is 1.15 bits per heavy atom. The second-order valence-electron chi connectivity index (χ2n) is 4.46. The van der Waals surface area contributed by atoms with E-state index in [0.29, 0.717) is 0 Å². The average molecular weight is 273 g/mol. The van der Waals surface area contributed by atoms with E-state index in [1.807, 2.05) is 24.3 Å². The van der Waals surface area contributed by atoms with E-state index in [2.05, 4.69) is 0 Å². The third kappa shape index (κ3) is 3.15. The summed E-state index contributed by atoms with van der Waals surface area (Å²) in [6, 6.07) is 13.4. The molecule has 2 aromatic rings. The minimum Gasteiger partial charge on any atom is -0.497 e. The molecule has 4 heteroatoms. The first-order valence-electron chi connectivity index (χ1n) is 6.24. The van der Waals surface area contributed by atoms with Crippen LogP contribution in [-0.2, 0) is 0 Å². The van der Waals surface area contributed by atoms with Crippen LogP contribution in [0.4, 0.5) is 10.1 Å². The molecular weight excluding hydrogens is 257 g/mol. The molecule has 0 radical (unpaired) electrons. The van der Waals surface area contributed by atoms with Crippen molar-refractivity contribution in [3.63, 3.8) is 0 Å². The summed E-state index contributed by atoms with van der Waals surface area (Å²) >= 11 is 0. The van der Waals surface area contributed by atoms with E-state index in [-0.39, 0.29) is 17.9 Å². The van der Waals surface area contributed by atoms with Crippen molar-refractivity contribution >= 4 is 11.5 Å².